The second-order valence-electron chi connectivity index (χ2n) is 3.85. The zero-order valence-corrected chi connectivity index (χ0v) is 11.2. The molecular weight excluding hydrogens is 305 g/mol. The van der Waals surface area contributed by atoms with Crippen molar-refractivity contribution in [2.75, 3.05) is 0 Å². The molecule has 0 spiro atoms. The Balaban J connectivity index is 2.10. The second kappa shape index (κ2) is 5.96. The van der Waals surface area contributed by atoms with Gasteiger partial charge in [-0.25, -0.2) is 4.98 Å². The van der Waals surface area contributed by atoms with Gasteiger partial charge in [-0.3, -0.25) is 0 Å². The zero-order chi connectivity index (χ0) is 15.5. The van der Waals surface area contributed by atoms with Crippen molar-refractivity contribution < 1.29 is 22.6 Å². The molecule has 0 amide bonds. The quantitative estimate of drug-likeness (QED) is 0.877. The lowest BCUT2D eigenvalue weighted by atomic mass is 10.3. The summed E-state index contributed by atoms with van der Waals surface area (Å²) in [6.45, 7) is 0. The van der Waals surface area contributed by atoms with Crippen LogP contribution in [0.1, 0.15) is 5.69 Å². The van der Waals surface area contributed by atoms with E-state index in [2.05, 4.69) is 9.72 Å². The Kier molecular flexibility index (Phi) is 4.27. The van der Waals surface area contributed by atoms with Gasteiger partial charge in [-0.05, 0) is 30.3 Å². The molecule has 1 aromatic carbocycles. The maximum absolute atomic E-state index is 12.0. The van der Waals surface area contributed by atoms with Crippen molar-refractivity contribution in [2.45, 2.75) is 6.36 Å². The van der Waals surface area contributed by atoms with Crippen molar-refractivity contribution in [3.05, 3.63) is 48.2 Å². The molecule has 0 aliphatic carbocycles. The average molecular weight is 314 g/mol. The minimum Gasteiger partial charge on any atom is -0.439 e. The Labute approximate surface area is 123 Å². The highest BCUT2D eigenvalue weighted by molar-refractivity contribution is 7.80. The third-order valence-corrected chi connectivity index (χ3v) is 2.46. The van der Waals surface area contributed by atoms with Crippen molar-refractivity contribution in [2.24, 2.45) is 5.73 Å². The van der Waals surface area contributed by atoms with Crippen LogP contribution in [0.15, 0.2) is 42.5 Å². The molecular formula is C13H9F3N2O2S. The van der Waals surface area contributed by atoms with Crippen LogP contribution in [0.5, 0.6) is 17.4 Å². The van der Waals surface area contributed by atoms with E-state index >= 15 is 0 Å². The third kappa shape index (κ3) is 4.60. The molecule has 2 N–H and O–H groups in total. The first-order valence-electron chi connectivity index (χ1n) is 5.64. The molecule has 0 bridgehead atoms. The van der Waals surface area contributed by atoms with Gasteiger partial charge in [0.05, 0.1) is 0 Å². The largest absolute Gasteiger partial charge is 0.573 e. The molecule has 0 aliphatic heterocycles. The molecule has 0 radical (unpaired) electrons. The monoisotopic (exact) mass is 314 g/mol. The lowest BCUT2D eigenvalue weighted by Gasteiger charge is -2.10. The summed E-state index contributed by atoms with van der Waals surface area (Å²) in [5.74, 6) is 0.196. The van der Waals surface area contributed by atoms with Crippen molar-refractivity contribution in [1.82, 2.24) is 4.98 Å². The summed E-state index contributed by atoms with van der Waals surface area (Å²) >= 11 is 4.79. The fraction of sp³-hybridized carbons (Fsp3) is 0.0769. The maximum atomic E-state index is 12.0. The van der Waals surface area contributed by atoms with E-state index in [1.54, 1.807) is 18.2 Å². The molecule has 0 unspecified atom stereocenters. The van der Waals surface area contributed by atoms with Crippen molar-refractivity contribution in [3.8, 4) is 17.4 Å². The van der Waals surface area contributed by atoms with Crippen LogP contribution in [0.2, 0.25) is 0 Å². The smallest absolute Gasteiger partial charge is 0.439 e. The summed E-state index contributed by atoms with van der Waals surface area (Å²) in [7, 11) is 0. The van der Waals surface area contributed by atoms with Gasteiger partial charge in [0.1, 0.15) is 22.2 Å². The number of ether oxygens (including phenoxy) is 2. The number of hydrogen-bond donors (Lipinski definition) is 1. The molecule has 1 aromatic heterocycles. The number of benzene rings is 1. The summed E-state index contributed by atoms with van der Waals surface area (Å²) in [4.78, 5) is 4.17. The molecule has 2 rings (SSSR count). The minimum absolute atomic E-state index is 0.120. The number of alkyl halides is 3. The molecule has 0 fully saturated rings. The predicted octanol–water partition coefficient (Wildman–Crippen LogP) is 3.41. The number of nitrogens with two attached hydrogens (primary N) is 1. The first kappa shape index (κ1) is 15.0. The van der Waals surface area contributed by atoms with Crippen LogP contribution < -0.4 is 15.2 Å². The van der Waals surface area contributed by atoms with E-state index < -0.39 is 6.36 Å². The molecule has 110 valence electrons. The number of hydrogen-bond acceptors (Lipinski definition) is 4. The van der Waals surface area contributed by atoms with Gasteiger partial charge >= 0.3 is 6.36 Å². The number of aromatic nitrogens is 1. The normalized spacial score (nSPS) is 11.0. The minimum atomic E-state index is -4.73. The Hall–Kier alpha value is -2.35. The highest BCUT2D eigenvalue weighted by Gasteiger charge is 2.30. The first-order valence-corrected chi connectivity index (χ1v) is 6.05. The lowest BCUT2D eigenvalue weighted by Crippen LogP contribution is -2.16. The van der Waals surface area contributed by atoms with E-state index in [1.165, 1.54) is 12.1 Å². The maximum Gasteiger partial charge on any atom is 0.573 e. The molecule has 21 heavy (non-hydrogen) atoms. The van der Waals surface area contributed by atoms with Gasteiger partial charge in [0.25, 0.3) is 0 Å². The van der Waals surface area contributed by atoms with Crippen molar-refractivity contribution in [1.29, 1.82) is 0 Å². The van der Waals surface area contributed by atoms with Gasteiger partial charge in [0.2, 0.25) is 5.88 Å². The van der Waals surface area contributed by atoms with Crippen molar-refractivity contribution >= 4 is 17.2 Å². The SMILES string of the molecule is NC(=S)c1cccc(Oc2ccc(OC(F)(F)F)cc2)n1. The first-order chi connectivity index (χ1) is 9.83. The molecule has 0 atom stereocenters. The average Bonchev–Trinajstić information content (AvgIpc) is 2.40. The second-order valence-corrected chi connectivity index (χ2v) is 4.29. The van der Waals surface area contributed by atoms with Crippen LogP contribution in [0.25, 0.3) is 0 Å². The molecule has 0 saturated carbocycles. The number of rotatable bonds is 4. The van der Waals surface area contributed by atoms with E-state index in [9.17, 15) is 13.2 Å². The summed E-state index contributed by atoms with van der Waals surface area (Å²) in [6, 6.07) is 9.78. The number of thiocarbonyl (C=S) groups is 1. The standard InChI is InChI=1S/C13H9F3N2O2S/c14-13(15,16)20-9-6-4-8(5-7-9)19-11-3-1-2-10(18-11)12(17)21/h1-7H,(H2,17,21). The molecule has 2 aromatic rings. The number of pyridine rings is 1. The van der Waals surface area contributed by atoms with Crippen LogP contribution in [-0.2, 0) is 0 Å². The lowest BCUT2D eigenvalue weighted by molar-refractivity contribution is -0.274. The van der Waals surface area contributed by atoms with E-state index in [1.807, 2.05) is 0 Å². The fourth-order valence-electron chi connectivity index (χ4n) is 1.44. The van der Waals surface area contributed by atoms with E-state index in [0.29, 0.717) is 11.4 Å². The van der Waals surface area contributed by atoms with Crippen LogP contribution in [0, 0.1) is 0 Å². The Morgan fingerprint density at radius 1 is 1.05 bits per heavy atom. The van der Waals surface area contributed by atoms with Gasteiger partial charge in [-0.2, -0.15) is 0 Å². The fourth-order valence-corrected chi connectivity index (χ4v) is 1.55. The van der Waals surface area contributed by atoms with Crippen LogP contribution >= 0.6 is 12.2 Å². The summed E-state index contributed by atoms with van der Waals surface area (Å²) in [6.07, 6.45) is -4.73. The predicted molar refractivity (Wildman–Crippen MR) is 73.3 cm³/mol. The summed E-state index contributed by atoms with van der Waals surface area (Å²) < 4.78 is 45.2. The summed E-state index contributed by atoms with van der Waals surface area (Å²) in [5.41, 5.74) is 5.83. The van der Waals surface area contributed by atoms with E-state index in [0.717, 1.165) is 12.1 Å². The molecule has 8 heteroatoms. The molecule has 1 heterocycles. The highest BCUT2D eigenvalue weighted by atomic mass is 32.1. The van der Waals surface area contributed by atoms with Crippen molar-refractivity contribution in [3.63, 3.8) is 0 Å². The van der Waals surface area contributed by atoms with Gasteiger partial charge in [-0.1, -0.05) is 18.3 Å². The topological polar surface area (TPSA) is 57.4 Å². The Bertz CT molecular complexity index is 645. The number of nitrogens with zero attached hydrogens (tertiary/aromatic N) is 1. The molecule has 0 aliphatic rings. The van der Waals surface area contributed by atoms with E-state index in [-0.39, 0.29) is 16.6 Å². The molecule has 0 saturated heterocycles. The summed E-state index contributed by atoms with van der Waals surface area (Å²) in [5, 5.41) is 0. The zero-order valence-electron chi connectivity index (χ0n) is 10.4. The van der Waals surface area contributed by atoms with Gasteiger partial charge in [-0.15, -0.1) is 13.2 Å². The molecule has 4 nitrogen and oxygen atoms in total. The van der Waals surface area contributed by atoms with E-state index in [4.69, 9.17) is 22.7 Å². The van der Waals surface area contributed by atoms with Gasteiger partial charge < -0.3 is 15.2 Å². The Morgan fingerprint density at radius 2 is 1.67 bits per heavy atom. The van der Waals surface area contributed by atoms with Crippen LogP contribution in [-0.4, -0.2) is 16.3 Å². The van der Waals surface area contributed by atoms with Crippen LogP contribution in [0.3, 0.4) is 0 Å². The van der Waals surface area contributed by atoms with Gasteiger partial charge in [0.15, 0.2) is 0 Å². The van der Waals surface area contributed by atoms with Gasteiger partial charge in [0, 0.05) is 6.07 Å². The number of halogens is 3. The third-order valence-electron chi connectivity index (χ3n) is 2.26. The van der Waals surface area contributed by atoms with Crippen LogP contribution in [0.4, 0.5) is 13.2 Å². The highest BCUT2D eigenvalue weighted by Crippen LogP contribution is 2.26. The Morgan fingerprint density at radius 3 is 2.24 bits per heavy atom.